The second-order valence-corrected chi connectivity index (χ2v) is 10.4. The van der Waals surface area contributed by atoms with Crippen LogP contribution >= 0.6 is 23.2 Å². The van der Waals surface area contributed by atoms with Crippen molar-refractivity contribution in [3.63, 3.8) is 0 Å². The van der Waals surface area contributed by atoms with E-state index in [-0.39, 0.29) is 30.8 Å². The Labute approximate surface area is 223 Å². The molecule has 2 amide bonds. The molecule has 0 spiro atoms. The number of benzene rings is 3. The lowest BCUT2D eigenvalue weighted by Gasteiger charge is -2.32. The summed E-state index contributed by atoms with van der Waals surface area (Å²) in [4.78, 5) is 29.2. The van der Waals surface area contributed by atoms with Gasteiger partial charge in [-0.3, -0.25) is 9.59 Å². The van der Waals surface area contributed by atoms with Gasteiger partial charge in [-0.25, -0.2) is 0 Å². The number of halogens is 2. The first-order valence-corrected chi connectivity index (χ1v) is 13.3. The minimum absolute atomic E-state index is 0.104. The first-order valence-electron chi connectivity index (χ1n) is 12.5. The van der Waals surface area contributed by atoms with Crippen LogP contribution in [-0.4, -0.2) is 28.8 Å². The Bertz CT molecular complexity index is 1180. The minimum atomic E-state index is -0.652. The third-order valence-corrected chi connectivity index (χ3v) is 7.52. The maximum absolute atomic E-state index is 13.8. The van der Waals surface area contributed by atoms with Gasteiger partial charge in [0.05, 0.1) is 16.5 Å². The zero-order chi connectivity index (χ0) is 25.5. The number of aryl methyl sites for hydroxylation is 1. The number of nitrogens with zero attached hydrogens (tertiary/aromatic N) is 1. The Morgan fingerprint density at radius 3 is 2.22 bits per heavy atom. The van der Waals surface area contributed by atoms with Crippen LogP contribution in [0.15, 0.2) is 72.8 Å². The molecule has 0 aliphatic heterocycles. The summed E-state index contributed by atoms with van der Waals surface area (Å²) in [5.41, 5.74) is 3.89. The van der Waals surface area contributed by atoms with Gasteiger partial charge in [-0.15, -0.1) is 0 Å². The predicted octanol–water partition coefficient (Wildman–Crippen LogP) is 6.54. The Hall–Kier alpha value is -2.82. The van der Waals surface area contributed by atoms with E-state index in [1.807, 2.05) is 67.6 Å². The van der Waals surface area contributed by atoms with Gasteiger partial charge in [0.15, 0.2) is 0 Å². The molecule has 0 heterocycles. The Morgan fingerprint density at radius 2 is 1.56 bits per heavy atom. The molecule has 0 saturated heterocycles. The molecule has 1 atom stereocenters. The van der Waals surface area contributed by atoms with Crippen LogP contribution in [0.2, 0.25) is 10.0 Å². The van der Waals surface area contributed by atoms with Crippen LogP contribution in [0.25, 0.3) is 0 Å². The highest BCUT2D eigenvalue weighted by molar-refractivity contribution is 6.42. The molecule has 0 bridgehead atoms. The van der Waals surface area contributed by atoms with Crippen LogP contribution in [0.3, 0.4) is 0 Å². The molecule has 0 radical (unpaired) electrons. The van der Waals surface area contributed by atoms with E-state index >= 15 is 0 Å². The molecule has 1 aliphatic carbocycles. The molecule has 6 heteroatoms. The summed E-state index contributed by atoms with van der Waals surface area (Å²) < 4.78 is 0. The van der Waals surface area contributed by atoms with Gasteiger partial charge in [-0.1, -0.05) is 102 Å². The lowest BCUT2D eigenvalue weighted by atomic mass is 10.0. The molecule has 3 aromatic rings. The van der Waals surface area contributed by atoms with Crippen LogP contribution in [0.4, 0.5) is 0 Å². The number of carbonyl (C=O) groups excluding carboxylic acids is 2. The quantitative estimate of drug-likeness (QED) is 0.346. The van der Waals surface area contributed by atoms with E-state index < -0.39 is 6.04 Å². The maximum atomic E-state index is 13.8. The van der Waals surface area contributed by atoms with E-state index in [9.17, 15) is 9.59 Å². The number of carbonyl (C=O) groups is 2. The Morgan fingerprint density at radius 1 is 0.889 bits per heavy atom. The van der Waals surface area contributed by atoms with Crippen molar-refractivity contribution in [2.45, 2.75) is 64.1 Å². The van der Waals surface area contributed by atoms with Gasteiger partial charge in [-0.2, -0.15) is 0 Å². The van der Waals surface area contributed by atoms with E-state index in [2.05, 4.69) is 5.32 Å². The summed E-state index contributed by atoms with van der Waals surface area (Å²) in [5, 5.41) is 4.11. The summed E-state index contributed by atoms with van der Waals surface area (Å²) in [6.45, 7) is 2.28. The molecule has 4 nitrogen and oxygen atoms in total. The molecule has 1 fully saturated rings. The molecule has 1 saturated carbocycles. The zero-order valence-corrected chi connectivity index (χ0v) is 22.1. The molecule has 188 valence electrons. The molecular formula is C30H32Cl2N2O2. The van der Waals surface area contributed by atoms with Gasteiger partial charge in [0.25, 0.3) is 0 Å². The normalized spacial score (nSPS) is 14.4. The molecular weight excluding hydrogens is 491 g/mol. The molecule has 1 unspecified atom stereocenters. The van der Waals surface area contributed by atoms with Gasteiger partial charge in [0.2, 0.25) is 11.8 Å². The van der Waals surface area contributed by atoms with Crippen LogP contribution < -0.4 is 5.32 Å². The number of hydrogen-bond acceptors (Lipinski definition) is 2. The summed E-state index contributed by atoms with van der Waals surface area (Å²) in [6.07, 6.45) is 4.84. The first kappa shape index (κ1) is 26.2. The summed E-state index contributed by atoms with van der Waals surface area (Å²) in [5.74, 6) is -0.213. The fourth-order valence-corrected chi connectivity index (χ4v) is 5.06. The second-order valence-electron chi connectivity index (χ2n) is 9.63. The van der Waals surface area contributed by atoms with E-state index in [0.717, 1.165) is 47.9 Å². The highest BCUT2D eigenvalue weighted by Crippen LogP contribution is 2.25. The second kappa shape index (κ2) is 12.4. The average Bonchev–Trinajstić information content (AvgIpc) is 3.38. The number of rotatable bonds is 9. The van der Waals surface area contributed by atoms with E-state index in [1.54, 1.807) is 17.0 Å². The SMILES string of the molecule is Cc1ccc(CC(=O)N(Cc2ccc(Cl)c(Cl)c2)C(Cc2ccccc2)C(=O)NC2CCCC2)cc1. The Balaban J connectivity index is 1.66. The van der Waals surface area contributed by atoms with Gasteiger partial charge in [0.1, 0.15) is 6.04 Å². The molecule has 1 N–H and O–H groups in total. The topological polar surface area (TPSA) is 49.4 Å². The highest BCUT2D eigenvalue weighted by Gasteiger charge is 2.32. The van der Waals surface area contributed by atoms with Gasteiger partial charge < -0.3 is 10.2 Å². The Kier molecular flexibility index (Phi) is 9.06. The van der Waals surface area contributed by atoms with Crippen molar-refractivity contribution in [1.29, 1.82) is 0 Å². The van der Waals surface area contributed by atoms with Gasteiger partial charge in [0, 0.05) is 19.0 Å². The maximum Gasteiger partial charge on any atom is 0.243 e. The van der Waals surface area contributed by atoms with Crippen molar-refractivity contribution >= 4 is 35.0 Å². The van der Waals surface area contributed by atoms with Crippen molar-refractivity contribution in [3.8, 4) is 0 Å². The third kappa shape index (κ3) is 7.11. The largest absolute Gasteiger partial charge is 0.352 e. The van der Waals surface area contributed by atoms with Crippen LogP contribution in [-0.2, 0) is 29.0 Å². The highest BCUT2D eigenvalue weighted by atomic mass is 35.5. The van der Waals surface area contributed by atoms with Crippen LogP contribution in [0.5, 0.6) is 0 Å². The fourth-order valence-electron chi connectivity index (χ4n) is 4.74. The van der Waals surface area contributed by atoms with Crippen molar-refractivity contribution in [2.24, 2.45) is 0 Å². The van der Waals surface area contributed by atoms with Crippen molar-refractivity contribution in [3.05, 3.63) is 105 Å². The number of nitrogens with one attached hydrogen (secondary N) is 1. The average molecular weight is 524 g/mol. The monoisotopic (exact) mass is 522 g/mol. The van der Waals surface area contributed by atoms with Crippen molar-refractivity contribution in [1.82, 2.24) is 10.2 Å². The van der Waals surface area contributed by atoms with Crippen LogP contribution in [0, 0.1) is 6.92 Å². The molecule has 4 rings (SSSR count). The van der Waals surface area contributed by atoms with E-state index in [0.29, 0.717) is 16.5 Å². The first-order chi connectivity index (χ1) is 17.4. The fraction of sp³-hybridized carbons (Fsp3) is 0.333. The zero-order valence-electron chi connectivity index (χ0n) is 20.6. The van der Waals surface area contributed by atoms with Crippen molar-refractivity contribution in [2.75, 3.05) is 0 Å². The van der Waals surface area contributed by atoms with Gasteiger partial charge in [-0.05, 0) is 48.6 Å². The molecule has 0 aromatic heterocycles. The third-order valence-electron chi connectivity index (χ3n) is 6.79. The smallest absolute Gasteiger partial charge is 0.243 e. The molecule has 1 aliphatic rings. The predicted molar refractivity (Wildman–Crippen MR) is 146 cm³/mol. The van der Waals surface area contributed by atoms with Crippen molar-refractivity contribution < 1.29 is 9.59 Å². The number of hydrogen-bond donors (Lipinski definition) is 1. The minimum Gasteiger partial charge on any atom is -0.352 e. The standard InChI is InChI=1S/C30H32Cl2N2O2/c1-21-11-13-23(14-12-21)19-29(35)34(20-24-15-16-26(31)27(32)17-24)28(18-22-7-3-2-4-8-22)30(36)33-25-9-5-6-10-25/h2-4,7-8,11-17,25,28H,5-6,9-10,18-20H2,1H3,(H,33,36). The molecule has 36 heavy (non-hydrogen) atoms. The summed E-state index contributed by atoms with van der Waals surface area (Å²) in [6, 6.07) is 22.7. The number of amides is 2. The lowest BCUT2D eigenvalue weighted by molar-refractivity contribution is -0.141. The summed E-state index contributed by atoms with van der Waals surface area (Å²) >= 11 is 12.4. The van der Waals surface area contributed by atoms with E-state index in [4.69, 9.17) is 23.2 Å². The van der Waals surface area contributed by atoms with E-state index in [1.165, 1.54) is 0 Å². The van der Waals surface area contributed by atoms with Gasteiger partial charge >= 0.3 is 0 Å². The molecule has 3 aromatic carbocycles. The van der Waals surface area contributed by atoms with Crippen LogP contribution in [0.1, 0.15) is 47.9 Å². The summed E-state index contributed by atoms with van der Waals surface area (Å²) in [7, 11) is 0. The lowest BCUT2D eigenvalue weighted by Crippen LogP contribution is -2.52.